The number of sulfonamides is 1. The minimum absolute atomic E-state index is 0.0285. The summed E-state index contributed by atoms with van der Waals surface area (Å²) in [6.45, 7) is 1.47. The first-order chi connectivity index (χ1) is 16.9. The molecule has 0 atom stereocenters. The Hall–Kier alpha value is -2.42. The molecule has 0 bridgehead atoms. The lowest BCUT2D eigenvalue weighted by molar-refractivity contribution is -0.120. The van der Waals surface area contributed by atoms with E-state index in [4.69, 9.17) is 4.74 Å². The van der Waals surface area contributed by atoms with Crippen LogP contribution < -0.4 is 10.1 Å². The molecule has 1 saturated heterocycles. The van der Waals surface area contributed by atoms with Gasteiger partial charge in [0.05, 0.1) is 12.0 Å². The van der Waals surface area contributed by atoms with Crippen LogP contribution in [0.3, 0.4) is 0 Å². The van der Waals surface area contributed by atoms with E-state index in [-0.39, 0.29) is 16.7 Å². The average Bonchev–Trinajstić information content (AvgIpc) is 2.90. The molecule has 1 heterocycles. The monoisotopic (exact) mass is 499 g/mol. The number of nitrogens with zero attached hydrogens (tertiary/aromatic N) is 2. The van der Waals surface area contributed by atoms with Gasteiger partial charge >= 0.3 is 0 Å². The van der Waals surface area contributed by atoms with Gasteiger partial charge in [0.1, 0.15) is 5.75 Å². The second-order valence-corrected chi connectivity index (χ2v) is 11.6. The Kier molecular flexibility index (Phi) is 8.46. The van der Waals surface area contributed by atoms with Crippen LogP contribution in [0, 0.1) is 5.92 Å². The molecule has 0 radical (unpaired) electrons. The van der Waals surface area contributed by atoms with Crippen LogP contribution in [-0.4, -0.2) is 56.8 Å². The second-order valence-electron chi connectivity index (χ2n) is 9.71. The first kappa shape index (κ1) is 25.7. The molecule has 2 fully saturated rings. The third kappa shape index (κ3) is 6.23. The highest BCUT2D eigenvalue weighted by atomic mass is 32.2. The summed E-state index contributed by atoms with van der Waals surface area (Å²) in [6, 6.07) is 15.0. The lowest BCUT2D eigenvalue weighted by atomic mass is 9.94. The number of piperidine rings is 1. The van der Waals surface area contributed by atoms with Crippen molar-refractivity contribution in [2.45, 2.75) is 62.4 Å². The van der Waals surface area contributed by atoms with Crippen molar-refractivity contribution < 1.29 is 17.9 Å². The summed E-state index contributed by atoms with van der Waals surface area (Å²) in [4.78, 5) is 15.8. The van der Waals surface area contributed by atoms with Crippen molar-refractivity contribution in [1.29, 1.82) is 0 Å². The first-order valence-electron chi connectivity index (χ1n) is 12.6. The number of amides is 1. The largest absolute Gasteiger partial charge is 0.497 e. The van der Waals surface area contributed by atoms with Crippen molar-refractivity contribution in [1.82, 2.24) is 9.21 Å². The number of carbonyl (C=O) groups excluding carboxylic acids is 1. The van der Waals surface area contributed by atoms with E-state index in [1.54, 1.807) is 31.4 Å². The number of nitrogens with one attached hydrogen (secondary N) is 1. The van der Waals surface area contributed by atoms with Crippen molar-refractivity contribution in [3.05, 3.63) is 54.1 Å². The number of methoxy groups -OCH3 is 1. The van der Waals surface area contributed by atoms with E-state index in [1.807, 2.05) is 18.2 Å². The van der Waals surface area contributed by atoms with E-state index in [9.17, 15) is 13.2 Å². The van der Waals surface area contributed by atoms with Gasteiger partial charge in [0.15, 0.2) is 0 Å². The van der Waals surface area contributed by atoms with Crippen LogP contribution in [0.15, 0.2) is 53.4 Å². The summed E-state index contributed by atoms with van der Waals surface area (Å²) >= 11 is 0. The molecule has 190 valence electrons. The quantitative estimate of drug-likeness (QED) is 0.579. The number of hydrogen-bond acceptors (Lipinski definition) is 5. The average molecular weight is 500 g/mol. The standard InChI is InChI=1S/C27H37N3O4S/c1-29(23-9-4-3-5-10-23)20-22-8-6-7-11-26(22)28-27(31)21-16-18-30(19-17-21)35(32,33)25-14-12-24(34-2)13-15-25/h6-8,11-15,21,23H,3-5,9-10,16-20H2,1-2H3,(H,28,31). The number of anilines is 1. The highest BCUT2D eigenvalue weighted by molar-refractivity contribution is 7.89. The van der Waals surface area contributed by atoms with Crippen LogP contribution in [-0.2, 0) is 21.4 Å². The zero-order valence-electron chi connectivity index (χ0n) is 20.8. The molecule has 1 aliphatic carbocycles. The van der Waals surface area contributed by atoms with Crippen molar-refractivity contribution in [2.24, 2.45) is 5.92 Å². The summed E-state index contributed by atoms with van der Waals surface area (Å²) in [5, 5.41) is 3.14. The third-order valence-corrected chi connectivity index (χ3v) is 9.33. The van der Waals surface area contributed by atoms with E-state index >= 15 is 0 Å². The normalized spacial score (nSPS) is 18.5. The van der Waals surface area contributed by atoms with Gasteiger partial charge in [-0.15, -0.1) is 0 Å². The van der Waals surface area contributed by atoms with E-state index in [1.165, 1.54) is 36.4 Å². The fraction of sp³-hybridized carbons (Fsp3) is 0.519. The van der Waals surface area contributed by atoms with Gasteiger partial charge in [-0.1, -0.05) is 37.5 Å². The lowest BCUT2D eigenvalue weighted by Crippen LogP contribution is -2.41. The molecule has 2 aromatic carbocycles. The Morgan fingerprint density at radius 1 is 1.00 bits per heavy atom. The molecule has 4 rings (SSSR count). The topological polar surface area (TPSA) is 79.0 Å². The van der Waals surface area contributed by atoms with Crippen LogP contribution in [0.2, 0.25) is 0 Å². The van der Waals surface area contributed by atoms with Gasteiger partial charge in [-0.3, -0.25) is 9.69 Å². The zero-order valence-corrected chi connectivity index (χ0v) is 21.6. The smallest absolute Gasteiger partial charge is 0.243 e. The first-order valence-corrected chi connectivity index (χ1v) is 14.1. The summed E-state index contributed by atoms with van der Waals surface area (Å²) in [6.07, 6.45) is 7.40. The van der Waals surface area contributed by atoms with Crippen LogP contribution in [0.1, 0.15) is 50.5 Å². The predicted molar refractivity (Wildman–Crippen MR) is 138 cm³/mol. The number of ether oxygens (including phenoxy) is 1. The summed E-state index contributed by atoms with van der Waals surface area (Å²) < 4.78 is 32.6. The molecule has 0 spiro atoms. The predicted octanol–water partition coefficient (Wildman–Crippen LogP) is 4.50. The Balaban J connectivity index is 1.34. The molecule has 1 amide bonds. The number of carbonyl (C=O) groups is 1. The number of benzene rings is 2. The molecule has 1 saturated carbocycles. The molecule has 2 aliphatic rings. The van der Waals surface area contributed by atoms with Gasteiger partial charge in [0.2, 0.25) is 15.9 Å². The van der Waals surface area contributed by atoms with Crippen molar-refractivity contribution >= 4 is 21.6 Å². The van der Waals surface area contributed by atoms with Crippen molar-refractivity contribution in [2.75, 3.05) is 32.6 Å². The van der Waals surface area contributed by atoms with E-state index in [2.05, 4.69) is 23.3 Å². The van der Waals surface area contributed by atoms with Crippen molar-refractivity contribution in [3.63, 3.8) is 0 Å². The second kappa shape index (κ2) is 11.5. The highest BCUT2D eigenvalue weighted by Gasteiger charge is 2.32. The third-order valence-electron chi connectivity index (χ3n) is 7.41. The molecule has 35 heavy (non-hydrogen) atoms. The SMILES string of the molecule is COc1ccc(S(=O)(=O)N2CCC(C(=O)Nc3ccccc3CN(C)C3CCCCC3)CC2)cc1. The van der Waals surface area contributed by atoms with E-state index < -0.39 is 10.0 Å². The maximum absolute atomic E-state index is 13.1. The van der Waals surface area contributed by atoms with Crippen LogP contribution in [0.5, 0.6) is 5.75 Å². The molecular formula is C27H37N3O4S. The summed E-state index contributed by atoms with van der Waals surface area (Å²) in [5.41, 5.74) is 1.97. The fourth-order valence-corrected chi connectivity index (χ4v) is 6.66. The van der Waals surface area contributed by atoms with E-state index in [0.717, 1.165) is 17.8 Å². The zero-order chi connectivity index (χ0) is 24.8. The molecule has 1 N–H and O–H groups in total. The molecule has 2 aromatic rings. The number of hydrogen-bond donors (Lipinski definition) is 1. The van der Waals surface area contributed by atoms with Gasteiger partial charge in [-0.2, -0.15) is 4.31 Å². The highest BCUT2D eigenvalue weighted by Crippen LogP contribution is 2.28. The van der Waals surface area contributed by atoms with Gasteiger partial charge in [-0.25, -0.2) is 8.42 Å². The van der Waals surface area contributed by atoms with Crippen LogP contribution >= 0.6 is 0 Å². The van der Waals surface area contributed by atoms with Gasteiger partial charge in [-0.05, 0) is 68.6 Å². The molecular weight excluding hydrogens is 462 g/mol. The van der Waals surface area contributed by atoms with Crippen molar-refractivity contribution in [3.8, 4) is 5.75 Å². The van der Waals surface area contributed by atoms with Gasteiger partial charge in [0, 0.05) is 37.3 Å². The molecule has 0 unspecified atom stereocenters. The lowest BCUT2D eigenvalue weighted by Gasteiger charge is -2.32. The van der Waals surface area contributed by atoms with Gasteiger partial charge < -0.3 is 10.1 Å². The summed E-state index contributed by atoms with van der Waals surface area (Å²) in [5.74, 6) is 0.380. The summed E-state index contributed by atoms with van der Waals surface area (Å²) in [7, 11) is 0.137. The minimum atomic E-state index is -3.59. The molecule has 0 aromatic heterocycles. The number of para-hydroxylation sites is 1. The maximum Gasteiger partial charge on any atom is 0.243 e. The van der Waals surface area contributed by atoms with Crippen LogP contribution in [0.4, 0.5) is 5.69 Å². The Labute approximate surface area is 209 Å². The van der Waals surface area contributed by atoms with Crippen LogP contribution in [0.25, 0.3) is 0 Å². The number of rotatable bonds is 8. The fourth-order valence-electron chi connectivity index (χ4n) is 5.19. The Bertz CT molecular complexity index is 1090. The molecule has 7 nitrogen and oxygen atoms in total. The molecule has 1 aliphatic heterocycles. The molecule has 8 heteroatoms. The van der Waals surface area contributed by atoms with Gasteiger partial charge in [0.25, 0.3) is 0 Å². The Morgan fingerprint density at radius 2 is 1.66 bits per heavy atom. The Morgan fingerprint density at radius 3 is 2.31 bits per heavy atom. The minimum Gasteiger partial charge on any atom is -0.497 e. The van der Waals surface area contributed by atoms with E-state index in [0.29, 0.717) is 37.7 Å². The maximum atomic E-state index is 13.1.